The summed E-state index contributed by atoms with van der Waals surface area (Å²) < 4.78 is 2.45. The maximum absolute atomic E-state index is 3.61. The average Bonchev–Trinajstić information content (AvgIpc) is 2.86. The minimum atomic E-state index is 0.413. The van der Waals surface area contributed by atoms with Crippen molar-refractivity contribution in [3.63, 3.8) is 0 Å². The first-order chi connectivity index (χ1) is 8.60. The monoisotopic (exact) mass is 407 g/mol. The molecule has 98 valence electrons. The summed E-state index contributed by atoms with van der Waals surface area (Å²) in [4.78, 5) is 2.82. The number of halogens is 2. The highest BCUT2D eigenvalue weighted by molar-refractivity contribution is 9.11. The van der Waals surface area contributed by atoms with Crippen LogP contribution in [-0.2, 0) is 6.42 Å². The zero-order chi connectivity index (χ0) is 13.1. The molecule has 0 fully saturated rings. The van der Waals surface area contributed by atoms with E-state index in [1.54, 1.807) is 0 Å². The largest absolute Gasteiger partial charge is 0.309 e. The molecule has 0 saturated carbocycles. The van der Waals surface area contributed by atoms with Gasteiger partial charge in [0, 0.05) is 22.2 Å². The third-order valence-electron chi connectivity index (χ3n) is 2.70. The minimum Gasteiger partial charge on any atom is -0.309 e. The summed E-state index contributed by atoms with van der Waals surface area (Å²) in [6.45, 7) is 5.30. The molecule has 2 aromatic heterocycles. The van der Waals surface area contributed by atoms with Crippen molar-refractivity contribution in [1.29, 1.82) is 0 Å². The first-order valence-corrected chi connectivity index (χ1v) is 9.05. The Morgan fingerprint density at radius 3 is 2.56 bits per heavy atom. The van der Waals surface area contributed by atoms with Gasteiger partial charge in [0.2, 0.25) is 0 Å². The van der Waals surface area contributed by atoms with E-state index in [1.807, 2.05) is 22.7 Å². The lowest BCUT2D eigenvalue weighted by atomic mass is 10.1. The molecule has 0 amide bonds. The standard InChI is InChI=1S/C13H15Br2NS2/c1-3-16-10(7-9-4-5-12(14)17-9)11-6-8(2)13(15)18-11/h4-6,10,16H,3,7H2,1-2H3. The van der Waals surface area contributed by atoms with Crippen LogP contribution in [0.4, 0.5) is 0 Å². The molecule has 0 aromatic carbocycles. The summed E-state index contributed by atoms with van der Waals surface area (Å²) in [5.41, 5.74) is 1.32. The van der Waals surface area contributed by atoms with Gasteiger partial charge in [-0.1, -0.05) is 6.92 Å². The van der Waals surface area contributed by atoms with Gasteiger partial charge in [0.1, 0.15) is 0 Å². The van der Waals surface area contributed by atoms with E-state index in [2.05, 4.69) is 69.2 Å². The fourth-order valence-electron chi connectivity index (χ4n) is 1.84. The van der Waals surface area contributed by atoms with Gasteiger partial charge in [0.15, 0.2) is 0 Å². The van der Waals surface area contributed by atoms with E-state index in [0.717, 1.165) is 13.0 Å². The number of aryl methyl sites for hydroxylation is 1. The van der Waals surface area contributed by atoms with Crippen molar-refractivity contribution in [1.82, 2.24) is 5.32 Å². The number of hydrogen-bond donors (Lipinski definition) is 1. The van der Waals surface area contributed by atoms with Crippen LogP contribution in [0, 0.1) is 6.92 Å². The molecule has 0 aliphatic rings. The predicted molar refractivity (Wildman–Crippen MR) is 88.9 cm³/mol. The lowest BCUT2D eigenvalue weighted by molar-refractivity contribution is 0.561. The lowest BCUT2D eigenvalue weighted by Gasteiger charge is -2.15. The molecular weight excluding hydrogens is 394 g/mol. The quantitative estimate of drug-likeness (QED) is 0.684. The van der Waals surface area contributed by atoms with Gasteiger partial charge < -0.3 is 5.32 Å². The van der Waals surface area contributed by atoms with E-state index >= 15 is 0 Å². The summed E-state index contributed by atoms with van der Waals surface area (Å²) in [6.07, 6.45) is 1.05. The third kappa shape index (κ3) is 3.67. The number of rotatable bonds is 5. The van der Waals surface area contributed by atoms with Crippen LogP contribution in [0.2, 0.25) is 0 Å². The number of likely N-dealkylation sites (N-methyl/N-ethyl adjacent to an activating group) is 1. The molecule has 1 unspecified atom stereocenters. The number of hydrogen-bond acceptors (Lipinski definition) is 3. The number of nitrogens with one attached hydrogen (secondary N) is 1. The summed E-state index contributed by atoms with van der Waals surface area (Å²) in [7, 11) is 0. The Hall–Kier alpha value is 0.320. The van der Waals surface area contributed by atoms with Gasteiger partial charge in [-0.15, -0.1) is 22.7 Å². The maximum atomic E-state index is 3.61. The normalized spacial score (nSPS) is 12.9. The van der Waals surface area contributed by atoms with Crippen molar-refractivity contribution in [2.24, 2.45) is 0 Å². The molecule has 1 N–H and O–H groups in total. The SMILES string of the molecule is CCNC(Cc1ccc(Br)s1)c1cc(C)c(Br)s1. The van der Waals surface area contributed by atoms with Crippen molar-refractivity contribution in [2.75, 3.05) is 6.54 Å². The van der Waals surface area contributed by atoms with Gasteiger partial charge in [-0.2, -0.15) is 0 Å². The highest BCUT2D eigenvalue weighted by atomic mass is 79.9. The summed E-state index contributed by atoms with van der Waals surface area (Å²) in [5, 5.41) is 3.58. The average molecular weight is 409 g/mol. The molecule has 0 spiro atoms. The van der Waals surface area contributed by atoms with Crippen molar-refractivity contribution >= 4 is 54.5 Å². The summed E-state index contributed by atoms with van der Waals surface area (Å²) in [5.74, 6) is 0. The highest BCUT2D eigenvalue weighted by Crippen LogP contribution is 2.34. The van der Waals surface area contributed by atoms with Crippen LogP contribution < -0.4 is 5.32 Å². The molecule has 0 aliphatic carbocycles. The van der Waals surface area contributed by atoms with Crippen LogP contribution in [0.5, 0.6) is 0 Å². The molecule has 1 nitrogen and oxygen atoms in total. The Morgan fingerprint density at radius 1 is 1.28 bits per heavy atom. The van der Waals surface area contributed by atoms with Crippen LogP contribution in [0.3, 0.4) is 0 Å². The zero-order valence-electron chi connectivity index (χ0n) is 10.3. The van der Waals surface area contributed by atoms with Crippen molar-refractivity contribution in [3.05, 3.63) is 41.1 Å². The van der Waals surface area contributed by atoms with Gasteiger partial charge >= 0.3 is 0 Å². The van der Waals surface area contributed by atoms with E-state index in [9.17, 15) is 0 Å². The van der Waals surface area contributed by atoms with E-state index in [1.165, 1.54) is 22.9 Å². The van der Waals surface area contributed by atoms with Crippen LogP contribution in [-0.4, -0.2) is 6.54 Å². The smallest absolute Gasteiger partial charge is 0.0731 e. The van der Waals surface area contributed by atoms with Crippen molar-refractivity contribution in [2.45, 2.75) is 26.3 Å². The molecule has 0 saturated heterocycles. The Labute approximate surface area is 133 Å². The predicted octanol–water partition coefficient (Wildman–Crippen LogP) is 5.54. The Kier molecular flexibility index (Phi) is 5.45. The van der Waals surface area contributed by atoms with Gasteiger partial charge in [0.25, 0.3) is 0 Å². The first-order valence-electron chi connectivity index (χ1n) is 5.83. The Balaban J connectivity index is 2.17. The molecular formula is C13H15Br2NS2. The van der Waals surface area contributed by atoms with E-state index in [4.69, 9.17) is 0 Å². The first kappa shape index (κ1) is 14.7. The second-order valence-electron chi connectivity index (χ2n) is 4.13. The molecule has 5 heteroatoms. The topological polar surface area (TPSA) is 12.0 Å². The van der Waals surface area contributed by atoms with Crippen molar-refractivity contribution < 1.29 is 0 Å². The third-order valence-corrected chi connectivity index (χ3v) is 6.60. The zero-order valence-corrected chi connectivity index (χ0v) is 15.1. The van der Waals surface area contributed by atoms with Gasteiger partial charge in [0.05, 0.1) is 7.57 Å². The van der Waals surface area contributed by atoms with Crippen LogP contribution in [0.15, 0.2) is 25.8 Å². The second kappa shape index (κ2) is 6.66. The van der Waals surface area contributed by atoms with Gasteiger partial charge in [-0.3, -0.25) is 0 Å². The second-order valence-corrected chi connectivity index (χ2v) is 9.07. The van der Waals surface area contributed by atoms with E-state index in [0.29, 0.717) is 6.04 Å². The molecule has 1 atom stereocenters. The maximum Gasteiger partial charge on any atom is 0.0731 e. The summed E-state index contributed by atoms with van der Waals surface area (Å²) >= 11 is 10.8. The molecule has 0 bridgehead atoms. The van der Waals surface area contributed by atoms with Crippen LogP contribution >= 0.6 is 54.5 Å². The van der Waals surface area contributed by atoms with Crippen LogP contribution in [0.25, 0.3) is 0 Å². The van der Waals surface area contributed by atoms with Crippen LogP contribution in [0.1, 0.15) is 28.3 Å². The Morgan fingerprint density at radius 2 is 2.06 bits per heavy atom. The molecule has 18 heavy (non-hydrogen) atoms. The lowest BCUT2D eigenvalue weighted by Crippen LogP contribution is -2.21. The van der Waals surface area contributed by atoms with Gasteiger partial charge in [-0.05, 0) is 69.1 Å². The van der Waals surface area contributed by atoms with E-state index in [-0.39, 0.29) is 0 Å². The number of thiophene rings is 2. The minimum absolute atomic E-state index is 0.413. The molecule has 0 aliphatic heterocycles. The summed E-state index contributed by atoms with van der Waals surface area (Å²) in [6, 6.07) is 7.02. The fraction of sp³-hybridized carbons (Fsp3) is 0.385. The molecule has 0 radical (unpaired) electrons. The molecule has 2 rings (SSSR count). The highest BCUT2D eigenvalue weighted by Gasteiger charge is 2.16. The molecule has 2 aromatic rings. The van der Waals surface area contributed by atoms with Gasteiger partial charge in [-0.25, -0.2) is 0 Å². The Bertz CT molecular complexity index is 499. The fourth-order valence-corrected chi connectivity index (χ4v) is 5.01. The van der Waals surface area contributed by atoms with E-state index < -0.39 is 0 Å². The van der Waals surface area contributed by atoms with Crippen molar-refractivity contribution in [3.8, 4) is 0 Å². The molecule has 2 heterocycles.